The van der Waals surface area contributed by atoms with Gasteiger partial charge in [0.15, 0.2) is 0 Å². The van der Waals surface area contributed by atoms with Crippen LogP contribution in [0.5, 0.6) is 0 Å². The van der Waals surface area contributed by atoms with Gasteiger partial charge in [-0.2, -0.15) is 0 Å². The van der Waals surface area contributed by atoms with Crippen LogP contribution in [-0.2, 0) is 0 Å². The van der Waals surface area contributed by atoms with Crippen molar-refractivity contribution in [2.24, 2.45) is 0 Å². The maximum Gasteiger partial charge on any atom is 0.0657 e. The molecule has 4 heteroatoms. The third-order valence-electron chi connectivity index (χ3n) is 2.51. The number of hydrogen-bond donors (Lipinski definition) is 2. The molecule has 0 saturated carbocycles. The van der Waals surface area contributed by atoms with E-state index in [1.54, 1.807) is 0 Å². The van der Waals surface area contributed by atoms with E-state index >= 15 is 0 Å². The number of halogens is 1. The second-order valence-corrected chi connectivity index (χ2v) is 4.00. The highest BCUT2D eigenvalue weighted by Gasteiger charge is 2.13. The molecule has 0 aromatic heterocycles. The molecule has 3 nitrogen and oxygen atoms in total. The van der Waals surface area contributed by atoms with Gasteiger partial charge in [-0.3, -0.25) is 0 Å². The molecule has 0 unspecified atom stereocenters. The molecule has 1 aromatic carbocycles. The van der Waals surface area contributed by atoms with Crippen LogP contribution in [0.4, 0.5) is 17.1 Å². The van der Waals surface area contributed by atoms with Gasteiger partial charge in [-0.15, -0.1) is 0 Å². The van der Waals surface area contributed by atoms with Gasteiger partial charge in [0.1, 0.15) is 0 Å². The number of anilines is 3. The first kappa shape index (κ1) is 9.46. The standard InChI is InChI=1S/C10H14ClN3/c1-14-4-2-3-13-9-6-8(12)7(11)5-10(9)14/h5-6,13H,2-4,12H2,1H3. The fourth-order valence-electron chi connectivity index (χ4n) is 1.70. The second kappa shape index (κ2) is 3.58. The van der Waals surface area contributed by atoms with Crippen LogP contribution < -0.4 is 16.0 Å². The molecule has 0 aliphatic carbocycles. The zero-order chi connectivity index (χ0) is 10.1. The van der Waals surface area contributed by atoms with Gasteiger partial charge in [0.05, 0.1) is 22.1 Å². The average Bonchev–Trinajstić information content (AvgIpc) is 2.31. The van der Waals surface area contributed by atoms with Crippen molar-refractivity contribution in [3.8, 4) is 0 Å². The highest BCUT2D eigenvalue weighted by Crippen LogP contribution is 2.34. The van der Waals surface area contributed by atoms with Gasteiger partial charge >= 0.3 is 0 Å². The monoisotopic (exact) mass is 211 g/mol. The normalized spacial score (nSPS) is 15.7. The Balaban J connectivity index is 2.49. The van der Waals surface area contributed by atoms with E-state index in [1.807, 2.05) is 12.1 Å². The molecule has 76 valence electrons. The summed E-state index contributed by atoms with van der Waals surface area (Å²) in [6, 6.07) is 3.82. The lowest BCUT2D eigenvalue weighted by molar-refractivity contribution is 0.837. The largest absolute Gasteiger partial charge is 0.397 e. The van der Waals surface area contributed by atoms with E-state index in [9.17, 15) is 0 Å². The van der Waals surface area contributed by atoms with Crippen LogP contribution in [0, 0.1) is 0 Å². The number of nitrogen functional groups attached to an aromatic ring is 1. The summed E-state index contributed by atoms with van der Waals surface area (Å²) in [4.78, 5) is 2.20. The summed E-state index contributed by atoms with van der Waals surface area (Å²) in [5.74, 6) is 0. The summed E-state index contributed by atoms with van der Waals surface area (Å²) in [6.07, 6.45) is 1.13. The molecule has 1 aliphatic heterocycles. The van der Waals surface area contributed by atoms with Crippen LogP contribution >= 0.6 is 11.6 Å². The molecule has 0 radical (unpaired) electrons. The van der Waals surface area contributed by atoms with Gasteiger partial charge in [-0.25, -0.2) is 0 Å². The van der Waals surface area contributed by atoms with Crippen LogP contribution in [0.25, 0.3) is 0 Å². The maximum absolute atomic E-state index is 5.98. The van der Waals surface area contributed by atoms with Crippen molar-refractivity contribution in [3.63, 3.8) is 0 Å². The number of nitrogens with zero attached hydrogens (tertiary/aromatic N) is 1. The summed E-state index contributed by atoms with van der Waals surface area (Å²) >= 11 is 5.98. The van der Waals surface area contributed by atoms with Crippen LogP contribution in [0.2, 0.25) is 5.02 Å². The van der Waals surface area contributed by atoms with Crippen molar-refractivity contribution in [2.45, 2.75) is 6.42 Å². The Bertz CT molecular complexity index is 351. The number of rotatable bonds is 0. The van der Waals surface area contributed by atoms with Crippen molar-refractivity contribution < 1.29 is 0 Å². The minimum absolute atomic E-state index is 0.624. The number of benzene rings is 1. The fraction of sp³-hybridized carbons (Fsp3) is 0.400. The fourth-order valence-corrected chi connectivity index (χ4v) is 1.85. The van der Waals surface area contributed by atoms with Gasteiger partial charge < -0.3 is 16.0 Å². The number of nitrogens with one attached hydrogen (secondary N) is 1. The first-order chi connectivity index (χ1) is 6.68. The summed E-state index contributed by atoms with van der Waals surface area (Å²) in [5.41, 5.74) is 8.58. The van der Waals surface area contributed by atoms with Crippen molar-refractivity contribution >= 4 is 28.7 Å². The van der Waals surface area contributed by atoms with Gasteiger partial charge in [-0.05, 0) is 18.6 Å². The predicted molar refractivity (Wildman–Crippen MR) is 62.2 cm³/mol. The molecule has 0 bridgehead atoms. The highest BCUT2D eigenvalue weighted by molar-refractivity contribution is 6.33. The third-order valence-corrected chi connectivity index (χ3v) is 2.84. The van der Waals surface area contributed by atoms with Crippen LogP contribution in [0.1, 0.15) is 6.42 Å². The van der Waals surface area contributed by atoms with E-state index in [-0.39, 0.29) is 0 Å². The number of fused-ring (bicyclic) bond motifs is 1. The topological polar surface area (TPSA) is 41.3 Å². The quantitative estimate of drug-likeness (QED) is 0.647. The Morgan fingerprint density at radius 1 is 1.50 bits per heavy atom. The molecule has 0 saturated heterocycles. The lowest BCUT2D eigenvalue weighted by atomic mass is 10.2. The summed E-state index contributed by atoms with van der Waals surface area (Å²) in [5, 5.41) is 3.97. The summed E-state index contributed by atoms with van der Waals surface area (Å²) in [7, 11) is 2.07. The van der Waals surface area contributed by atoms with E-state index in [0.29, 0.717) is 10.7 Å². The second-order valence-electron chi connectivity index (χ2n) is 3.59. The third kappa shape index (κ3) is 1.60. The molecule has 3 N–H and O–H groups in total. The predicted octanol–water partition coefficient (Wildman–Crippen LogP) is 2.17. The number of nitrogens with two attached hydrogens (primary N) is 1. The maximum atomic E-state index is 5.98. The Labute approximate surface area is 88.8 Å². The molecule has 0 fully saturated rings. The summed E-state index contributed by atoms with van der Waals surface area (Å²) in [6.45, 7) is 2.03. The van der Waals surface area contributed by atoms with E-state index in [4.69, 9.17) is 17.3 Å². The molecule has 0 spiro atoms. The Morgan fingerprint density at radius 3 is 3.07 bits per heavy atom. The molecule has 1 aromatic rings. The molecule has 1 aliphatic rings. The SMILES string of the molecule is CN1CCCNc2cc(N)c(Cl)cc21. The van der Waals surface area contributed by atoms with E-state index < -0.39 is 0 Å². The molecular weight excluding hydrogens is 198 g/mol. The van der Waals surface area contributed by atoms with Crippen LogP contribution in [-0.4, -0.2) is 20.1 Å². The van der Waals surface area contributed by atoms with Crippen LogP contribution in [0.3, 0.4) is 0 Å². The number of hydrogen-bond acceptors (Lipinski definition) is 3. The first-order valence-corrected chi connectivity index (χ1v) is 5.10. The molecule has 0 atom stereocenters. The Morgan fingerprint density at radius 2 is 2.29 bits per heavy atom. The van der Waals surface area contributed by atoms with Crippen molar-refractivity contribution in [2.75, 3.05) is 36.1 Å². The van der Waals surface area contributed by atoms with Crippen LogP contribution in [0.15, 0.2) is 12.1 Å². The van der Waals surface area contributed by atoms with E-state index in [0.717, 1.165) is 30.9 Å². The lowest BCUT2D eigenvalue weighted by Gasteiger charge is -2.19. The van der Waals surface area contributed by atoms with Crippen molar-refractivity contribution in [3.05, 3.63) is 17.2 Å². The Hall–Kier alpha value is -1.09. The first-order valence-electron chi connectivity index (χ1n) is 4.72. The smallest absolute Gasteiger partial charge is 0.0657 e. The summed E-state index contributed by atoms with van der Waals surface area (Å²) < 4.78 is 0. The van der Waals surface area contributed by atoms with Crippen molar-refractivity contribution in [1.29, 1.82) is 0 Å². The minimum atomic E-state index is 0.624. The van der Waals surface area contributed by atoms with Crippen molar-refractivity contribution in [1.82, 2.24) is 0 Å². The van der Waals surface area contributed by atoms with E-state index in [2.05, 4.69) is 17.3 Å². The van der Waals surface area contributed by atoms with Gasteiger partial charge in [-0.1, -0.05) is 11.6 Å². The minimum Gasteiger partial charge on any atom is -0.397 e. The molecule has 14 heavy (non-hydrogen) atoms. The zero-order valence-electron chi connectivity index (χ0n) is 8.18. The van der Waals surface area contributed by atoms with E-state index in [1.165, 1.54) is 0 Å². The molecule has 2 rings (SSSR count). The highest BCUT2D eigenvalue weighted by atomic mass is 35.5. The average molecular weight is 212 g/mol. The van der Waals surface area contributed by atoms with Gasteiger partial charge in [0.2, 0.25) is 0 Å². The lowest BCUT2D eigenvalue weighted by Crippen LogP contribution is -2.17. The Kier molecular flexibility index (Phi) is 2.42. The van der Waals surface area contributed by atoms with Gasteiger partial charge in [0, 0.05) is 20.1 Å². The van der Waals surface area contributed by atoms with Gasteiger partial charge in [0.25, 0.3) is 0 Å². The molecule has 0 amide bonds. The molecule has 1 heterocycles. The molecular formula is C10H14ClN3. The zero-order valence-corrected chi connectivity index (χ0v) is 8.93.